The second-order valence-electron chi connectivity index (χ2n) is 5.25. The fourth-order valence-electron chi connectivity index (χ4n) is 2.80. The summed E-state index contributed by atoms with van der Waals surface area (Å²) in [6.07, 6.45) is 3.44. The van der Waals surface area contributed by atoms with Gasteiger partial charge in [0.15, 0.2) is 0 Å². The molecule has 100 valence electrons. The third kappa shape index (κ3) is 3.01. The molecule has 0 aromatic heterocycles. The first kappa shape index (κ1) is 13.3. The highest BCUT2D eigenvalue weighted by Crippen LogP contribution is 2.17. The van der Waals surface area contributed by atoms with Crippen LogP contribution in [0.15, 0.2) is 0 Å². The summed E-state index contributed by atoms with van der Waals surface area (Å²) in [5.41, 5.74) is 0. The highest BCUT2D eigenvalue weighted by atomic mass is 16.2. The molecule has 2 unspecified atom stereocenters. The summed E-state index contributed by atoms with van der Waals surface area (Å²) in [4.78, 5) is 16.3. The lowest BCUT2D eigenvalue weighted by Gasteiger charge is -2.37. The summed E-state index contributed by atoms with van der Waals surface area (Å²) in [6.45, 7) is 5.71. The molecule has 0 aromatic rings. The number of hydrogen-bond donors (Lipinski definition) is 1. The lowest BCUT2D eigenvalue weighted by molar-refractivity contribution is -0.136. The van der Waals surface area contributed by atoms with Gasteiger partial charge in [0.25, 0.3) is 0 Å². The molecule has 0 radical (unpaired) electrons. The van der Waals surface area contributed by atoms with Gasteiger partial charge in [0.2, 0.25) is 5.91 Å². The molecular weight excluding hydrogens is 228 g/mol. The molecule has 2 atom stereocenters. The summed E-state index contributed by atoms with van der Waals surface area (Å²) in [5.74, 6) is 0.185. The molecule has 0 saturated carbocycles. The zero-order valence-corrected chi connectivity index (χ0v) is 11.1. The van der Waals surface area contributed by atoms with Crippen molar-refractivity contribution in [1.82, 2.24) is 15.1 Å². The molecule has 2 aliphatic heterocycles. The maximum absolute atomic E-state index is 12.3. The van der Waals surface area contributed by atoms with Crippen molar-refractivity contribution >= 4 is 5.91 Å². The van der Waals surface area contributed by atoms with E-state index in [-0.39, 0.29) is 11.9 Å². The molecule has 5 heteroatoms. The Balaban J connectivity index is 1.91. The predicted octanol–water partition coefficient (Wildman–Crippen LogP) is 0.185. The van der Waals surface area contributed by atoms with Crippen molar-refractivity contribution in [3.05, 3.63) is 0 Å². The van der Waals surface area contributed by atoms with E-state index in [1.807, 2.05) is 9.80 Å². The second kappa shape index (κ2) is 6.17. The number of piperidine rings is 1. The van der Waals surface area contributed by atoms with Gasteiger partial charge in [0.05, 0.1) is 12.6 Å². The van der Waals surface area contributed by atoms with Crippen LogP contribution in [0.4, 0.5) is 0 Å². The van der Waals surface area contributed by atoms with E-state index in [0.717, 1.165) is 32.5 Å². The van der Waals surface area contributed by atoms with Crippen LogP contribution in [0.2, 0.25) is 0 Å². The molecular formula is C13H22N4O. The standard InChI is InChI=1S/C13H22N4O/c1-11-4-2-3-6-17(11)13(18)10-16-7-5-15-9-12(16)8-14/h11-12,15H,2-7,9-10H2,1H3. The van der Waals surface area contributed by atoms with E-state index in [2.05, 4.69) is 18.3 Å². The number of nitrogens with zero attached hydrogens (tertiary/aromatic N) is 3. The van der Waals surface area contributed by atoms with Crippen molar-refractivity contribution in [2.45, 2.75) is 38.3 Å². The number of likely N-dealkylation sites (tertiary alicyclic amines) is 1. The molecule has 0 bridgehead atoms. The van der Waals surface area contributed by atoms with Gasteiger partial charge in [0.1, 0.15) is 6.04 Å². The first-order chi connectivity index (χ1) is 8.72. The molecule has 2 saturated heterocycles. The number of rotatable bonds is 2. The Morgan fingerprint density at radius 2 is 2.28 bits per heavy atom. The van der Waals surface area contributed by atoms with Gasteiger partial charge < -0.3 is 10.2 Å². The quantitative estimate of drug-likeness (QED) is 0.760. The van der Waals surface area contributed by atoms with E-state index in [1.165, 1.54) is 6.42 Å². The highest BCUT2D eigenvalue weighted by molar-refractivity contribution is 5.78. The van der Waals surface area contributed by atoms with E-state index < -0.39 is 0 Å². The molecule has 2 aliphatic rings. The van der Waals surface area contributed by atoms with Crippen molar-refractivity contribution in [2.75, 3.05) is 32.7 Å². The molecule has 0 aliphatic carbocycles. The Morgan fingerprint density at radius 3 is 3.00 bits per heavy atom. The van der Waals surface area contributed by atoms with Gasteiger partial charge >= 0.3 is 0 Å². The first-order valence-electron chi connectivity index (χ1n) is 6.86. The van der Waals surface area contributed by atoms with Gasteiger partial charge in [-0.15, -0.1) is 0 Å². The molecule has 0 aromatic carbocycles. The van der Waals surface area contributed by atoms with Gasteiger partial charge in [-0.05, 0) is 26.2 Å². The van der Waals surface area contributed by atoms with Crippen LogP contribution in [0.25, 0.3) is 0 Å². The van der Waals surface area contributed by atoms with E-state index in [9.17, 15) is 4.79 Å². The lowest BCUT2D eigenvalue weighted by atomic mass is 10.0. The minimum Gasteiger partial charge on any atom is -0.339 e. The topological polar surface area (TPSA) is 59.4 Å². The number of nitrogens with one attached hydrogen (secondary N) is 1. The zero-order valence-electron chi connectivity index (χ0n) is 11.1. The fraction of sp³-hybridized carbons (Fsp3) is 0.846. The Bertz CT molecular complexity index is 338. The van der Waals surface area contributed by atoms with Crippen LogP contribution >= 0.6 is 0 Å². The van der Waals surface area contributed by atoms with Crippen LogP contribution < -0.4 is 5.32 Å². The molecule has 2 heterocycles. The number of nitriles is 1. The van der Waals surface area contributed by atoms with E-state index in [1.54, 1.807) is 0 Å². The van der Waals surface area contributed by atoms with Crippen LogP contribution in [0.3, 0.4) is 0 Å². The molecule has 2 fully saturated rings. The summed E-state index contributed by atoms with van der Waals surface area (Å²) >= 11 is 0. The smallest absolute Gasteiger partial charge is 0.237 e. The number of carbonyl (C=O) groups excluding carboxylic acids is 1. The molecule has 1 N–H and O–H groups in total. The van der Waals surface area contributed by atoms with Gasteiger partial charge in [-0.2, -0.15) is 5.26 Å². The summed E-state index contributed by atoms with van der Waals surface area (Å²) in [7, 11) is 0. The highest BCUT2D eigenvalue weighted by Gasteiger charge is 2.28. The average molecular weight is 250 g/mol. The van der Waals surface area contributed by atoms with Gasteiger partial charge in [-0.25, -0.2) is 0 Å². The Labute approximate surface area is 109 Å². The molecule has 1 amide bonds. The van der Waals surface area contributed by atoms with Crippen LogP contribution in [0.5, 0.6) is 0 Å². The van der Waals surface area contributed by atoms with Crippen molar-refractivity contribution in [3.8, 4) is 6.07 Å². The predicted molar refractivity (Wildman–Crippen MR) is 68.9 cm³/mol. The van der Waals surface area contributed by atoms with Gasteiger partial charge in [-0.1, -0.05) is 0 Å². The Kier molecular flexibility index (Phi) is 4.56. The van der Waals surface area contributed by atoms with E-state index in [4.69, 9.17) is 5.26 Å². The van der Waals surface area contributed by atoms with Crippen molar-refractivity contribution in [3.63, 3.8) is 0 Å². The lowest BCUT2D eigenvalue weighted by Crippen LogP contribution is -2.55. The normalized spacial score (nSPS) is 29.9. The largest absolute Gasteiger partial charge is 0.339 e. The van der Waals surface area contributed by atoms with Crippen molar-refractivity contribution in [1.29, 1.82) is 5.26 Å². The van der Waals surface area contributed by atoms with Crippen LogP contribution in [-0.2, 0) is 4.79 Å². The van der Waals surface area contributed by atoms with Gasteiger partial charge in [-0.3, -0.25) is 9.69 Å². The molecule has 18 heavy (non-hydrogen) atoms. The zero-order chi connectivity index (χ0) is 13.0. The molecule has 5 nitrogen and oxygen atoms in total. The fourth-order valence-corrected chi connectivity index (χ4v) is 2.80. The van der Waals surface area contributed by atoms with E-state index in [0.29, 0.717) is 19.1 Å². The summed E-state index contributed by atoms with van der Waals surface area (Å²) < 4.78 is 0. The maximum Gasteiger partial charge on any atom is 0.237 e. The maximum atomic E-state index is 12.3. The molecule has 0 spiro atoms. The second-order valence-corrected chi connectivity index (χ2v) is 5.25. The number of amides is 1. The average Bonchev–Trinajstić information content (AvgIpc) is 2.39. The van der Waals surface area contributed by atoms with Crippen molar-refractivity contribution < 1.29 is 4.79 Å². The van der Waals surface area contributed by atoms with E-state index >= 15 is 0 Å². The van der Waals surface area contributed by atoms with Crippen LogP contribution in [0.1, 0.15) is 26.2 Å². The van der Waals surface area contributed by atoms with Crippen molar-refractivity contribution in [2.24, 2.45) is 0 Å². The number of carbonyl (C=O) groups is 1. The van der Waals surface area contributed by atoms with Gasteiger partial charge in [0, 0.05) is 32.2 Å². The molecule has 2 rings (SSSR count). The minimum atomic E-state index is -0.164. The SMILES string of the molecule is CC1CCCCN1C(=O)CN1CCNCC1C#N. The van der Waals surface area contributed by atoms with Crippen LogP contribution in [-0.4, -0.2) is 60.5 Å². The minimum absolute atomic E-state index is 0.164. The summed E-state index contributed by atoms with van der Waals surface area (Å²) in [6, 6.07) is 2.46. The number of hydrogen-bond acceptors (Lipinski definition) is 4. The summed E-state index contributed by atoms with van der Waals surface area (Å²) in [5, 5.41) is 12.3. The Hall–Kier alpha value is -1.12. The third-order valence-electron chi connectivity index (χ3n) is 3.96. The monoisotopic (exact) mass is 250 g/mol. The number of piperazine rings is 1. The third-order valence-corrected chi connectivity index (χ3v) is 3.96. The Morgan fingerprint density at radius 1 is 1.44 bits per heavy atom. The van der Waals surface area contributed by atoms with Crippen LogP contribution in [0, 0.1) is 11.3 Å². The first-order valence-corrected chi connectivity index (χ1v) is 6.86.